The molecule has 0 unspecified atom stereocenters. The average molecular weight is 296 g/mol. The highest BCUT2D eigenvalue weighted by Gasteiger charge is 2.14. The van der Waals surface area contributed by atoms with Crippen LogP contribution in [0.4, 0.5) is 5.82 Å². The maximum absolute atomic E-state index is 6.06. The van der Waals surface area contributed by atoms with Gasteiger partial charge in [0.15, 0.2) is 5.65 Å². The second-order valence-corrected chi connectivity index (χ2v) is 5.13. The van der Waals surface area contributed by atoms with Crippen LogP contribution in [0, 0.1) is 0 Å². The van der Waals surface area contributed by atoms with E-state index in [1.807, 2.05) is 36.4 Å². The quantitative estimate of drug-likeness (QED) is 0.585. The van der Waals surface area contributed by atoms with Crippen LogP contribution < -0.4 is 5.73 Å². The maximum Gasteiger partial charge on any atom is 0.186 e. The lowest BCUT2D eigenvalue weighted by Crippen LogP contribution is -1.99. The number of nitrogen functional groups attached to an aromatic ring is 1. The molecule has 102 valence electrons. The second-order valence-electron chi connectivity index (χ2n) is 4.70. The molecule has 2 aromatic heterocycles. The molecule has 0 aliphatic heterocycles. The number of hydrogen-bond acceptors (Lipinski definition) is 4. The summed E-state index contributed by atoms with van der Waals surface area (Å²) in [4.78, 5) is 4.44. The Morgan fingerprint density at radius 2 is 1.86 bits per heavy atom. The van der Waals surface area contributed by atoms with Crippen LogP contribution in [0.25, 0.3) is 27.8 Å². The Bertz CT molecular complexity index is 962. The Labute approximate surface area is 125 Å². The summed E-state index contributed by atoms with van der Waals surface area (Å²) >= 11 is 6.01. The molecule has 6 heteroatoms. The van der Waals surface area contributed by atoms with Gasteiger partial charge in [-0.25, -0.2) is 4.98 Å². The van der Waals surface area contributed by atoms with E-state index in [2.05, 4.69) is 15.3 Å². The predicted octanol–water partition coefficient (Wildman–Crippen LogP) is 3.18. The minimum absolute atomic E-state index is 0.416. The molecule has 0 saturated heterocycles. The second kappa shape index (κ2) is 4.43. The van der Waals surface area contributed by atoms with Crippen molar-refractivity contribution in [3.8, 4) is 11.3 Å². The molecule has 0 bridgehead atoms. The molecule has 2 N–H and O–H groups in total. The van der Waals surface area contributed by atoms with Crippen LogP contribution in [-0.4, -0.2) is 19.8 Å². The smallest absolute Gasteiger partial charge is 0.186 e. The Morgan fingerprint density at radius 1 is 1.05 bits per heavy atom. The first-order chi connectivity index (χ1) is 10.2. The topological polar surface area (TPSA) is 69.1 Å². The largest absolute Gasteiger partial charge is 0.383 e. The number of fused-ring (bicyclic) bond motifs is 3. The van der Waals surface area contributed by atoms with Gasteiger partial charge in [0.05, 0.1) is 5.52 Å². The fraction of sp³-hybridized carbons (Fsp3) is 0. The molecular weight excluding hydrogens is 286 g/mol. The molecular formula is C15H10ClN5. The van der Waals surface area contributed by atoms with E-state index in [0.717, 1.165) is 16.5 Å². The van der Waals surface area contributed by atoms with Crippen molar-refractivity contribution >= 4 is 34.0 Å². The van der Waals surface area contributed by atoms with Crippen molar-refractivity contribution in [2.75, 3.05) is 5.73 Å². The fourth-order valence-electron chi connectivity index (χ4n) is 2.39. The third-order valence-electron chi connectivity index (χ3n) is 3.38. The molecule has 0 spiro atoms. The molecule has 2 aromatic carbocycles. The Kier molecular flexibility index (Phi) is 2.55. The van der Waals surface area contributed by atoms with Gasteiger partial charge in [-0.05, 0) is 18.2 Å². The van der Waals surface area contributed by atoms with Gasteiger partial charge in [0.25, 0.3) is 0 Å². The van der Waals surface area contributed by atoms with E-state index < -0.39 is 0 Å². The van der Waals surface area contributed by atoms with Crippen LogP contribution in [-0.2, 0) is 0 Å². The molecule has 0 saturated carbocycles. The lowest BCUT2D eigenvalue weighted by atomic mass is 10.1. The third-order valence-corrected chi connectivity index (χ3v) is 3.62. The van der Waals surface area contributed by atoms with Gasteiger partial charge in [-0.3, -0.25) is 0 Å². The Balaban J connectivity index is 2.10. The van der Waals surface area contributed by atoms with Crippen molar-refractivity contribution in [2.45, 2.75) is 0 Å². The summed E-state index contributed by atoms with van der Waals surface area (Å²) in [5, 5.41) is 9.81. The molecule has 0 aliphatic carbocycles. The first-order valence-electron chi connectivity index (χ1n) is 6.39. The van der Waals surface area contributed by atoms with Crippen molar-refractivity contribution in [1.82, 2.24) is 19.8 Å². The van der Waals surface area contributed by atoms with E-state index in [1.54, 1.807) is 16.6 Å². The zero-order valence-electron chi connectivity index (χ0n) is 10.9. The number of benzene rings is 2. The summed E-state index contributed by atoms with van der Waals surface area (Å²) in [6.07, 6.45) is 0. The number of nitrogens with two attached hydrogens (primary N) is 1. The lowest BCUT2D eigenvalue weighted by molar-refractivity contribution is 0.877. The highest BCUT2D eigenvalue weighted by molar-refractivity contribution is 6.31. The third kappa shape index (κ3) is 1.82. The zero-order valence-corrected chi connectivity index (χ0v) is 11.6. The highest BCUT2D eigenvalue weighted by Crippen LogP contribution is 2.28. The summed E-state index contributed by atoms with van der Waals surface area (Å²) in [5.41, 5.74) is 9.18. The number of aromatic nitrogens is 4. The molecule has 5 nitrogen and oxygen atoms in total. The van der Waals surface area contributed by atoms with Crippen LogP contribution in [0.2, 0.25) is 5.02 Å². The highest BCUT2D eigenvalue weighted by atomic mass is 35.5. The van der Waals surface area contributed by atoms with Gasteiger partial charge in [-0.2, -0.15) is 4.52 Å². The van der Waals surface area contributed by atoms with Crippen LogP contribution in [0.3, 0.4) is 0 Å². The molecule has 0 aliphatic rings. The summed E-state index contributed by atoms with van der Waals surface area (Å²) < 4.78 is 1.68. The normalized spacial score (nSPS) is 11.3. The summed E-state index contributed by atoms with van der Waals surface area (Å²) in [6.45, 7) is 0. The van der Waals surface area contributed by atoms with E-state index in [0.29, 0.717) is 22.2 Å². The van der Waals surface area contributed by atoms with Crippen LogP contribution >= 0.6 is 11.6 Å². The number of halogens is 1. The Morgan fingerprint density at radius 3 is 2.67 bits per heavy atom. The van der Waals surface area contributed by atoms with Gasteiger partial charge in [0, 0.05) is 16.0 Å². The minimum atomic E-state index is 0.416. The minimum Gasteiger partial charge on any atom is -0.383 e. The molecule has 21 heavy (non-hydrogen) atoms. The number of hydrogen-bond donors (Lipinski definition) is 1. The van der Waals surface area contributed by atoms with Crippen molar-refractivity contribution in [3.05, 3.63) is 53.6 Å². The standard InChI is InChI=1S/C15H10ClN5/c16-10-6-7-12-11(8-10)14(17)18-15-13(19-20-21(12)15)9-4-2-1-3-5-9/h1-8H,(H2,17,18). The molecule has 0 fully saturated rings. The van der Waals surface area contributed by atoms with Crippen molar-refractivity contribution in [2.24, 2.45) is 0 Å². The summed E-state index contributed by atoms with van der Waals surface area (Å²) in [7, 11) is 0. The van der Waals surface area contributed by atoms with Gasteiger partial charge in [-0.1, -0.05) is 47.1 Å². The molecule has 0 atom stereocenters. The van der Waals surface area contributed by atoms with E-state index in [-0.39, 0.29) is 0 Å². The van der Waals surface area contributed by atoms with Gasteiger partial charge in [0.2, 0.25) is 0 Å². The fourth-order valence-corrected chi connectivity index (χ4v) is 2.57. The summed E-state index contributed by atoms with van der Waals surface area (Å²) in [5.74, 6) is 0.416. The van der Waals surface area contributed by atoms with Gasteiger partial charge in [0.1, 0.15) is 11.5 Å². The monoisotopic (exact) mass is 295 g/mol. The SMILES string of the molecule is Nc1nc2c(-c3ccccc3)nnn2c2ccc(Cl)cc12. The van der Waals surface area contributed by atoms with E-state index >= 15 is 0 Å². The van der Waals surface area contributed by atoms with Crippen molar-refractivity contribution in [1.29, 1.82) is 0 Å². The summed E-state index contributed by atoms with van der Waals surface area (Å²) in [6, 6.07) is 15.2. The first-order valence-corrected chi connectivity index (χ1v) is 6.77. The van der Waals surface area contributed by atoms with Gasteiger partial charge in [-0.15, -0.1) is 5.10 Å². The molecule has 2 heterocycles. The van der Waals surface area contributed by atoms with E-state index in [4.69, 9.17) is 17.3 Å². The lowest BCUT2D eigenvalue weighted by Gasteiger charge is -2.04. The molecule has 4 aromatic rings. The van der Waals surface area contributed by atoms with Crippen LogP contribution in [0.5, 0.6) is 0 Å². The van der Waals surface area contributed by atoms with E-state index in [9.17, 15) is 0 Å². The van der Waals surface area contributed by atoms with Crippen LogP contribution in [0.1, 0.15) is 0 Å². The number of nitrogens with zero attached hydrogens (tertiary/aromatic N) is 4. The first kappa shape index (κ1) is 12.1. The van der Waals surface area contributed by atoms with Crippen molar-refractivity contribution in [3.63, 3.8) is 0 Å². The van der Waals surface area contributed by atoms with Gasteiger partial charge < -0.3 is 5.73 Å². The number of rotatable bonds is 1. The Hall–Kier alpha value is -2.66. The van der Waals surface area contributed by atoms with E-state index in [1.165, 1.54) is 0 Å². The van der Waals surface area contributed by atoms with Gasteiger partial charge >= 0.3 is 0 Å². The molecule has 0 amide bonds. The molecule has 0 radical (unpaired) electrons. The van der Waals surface area contributed by atoms with Crippen LogP contribution in [0.15, 0.2) is 48.5 Å². The maximum atomic E-state index is 6.06. The molecule has 4 rings (SSSR count). The van der Waals surface area contributed by atoms with Crippen molar-refractivity contribution < 1.29 is 0 Å². The predicted molar refractivity (Wildman–Crippen MR) is 83.1 cm³/mol. The average Bonchev–Trinajstić information content (AvgIpc) is 2.92. The number of anilines is 1. The zero-order chi connectivity index (χ0) is 14.4.